The van der Waals surface area contributed by atoms with E-state index in [-0.39, 0.29) is 18.4 Å². The van der Waals surface area contributed by atoms with Gasteiger partial charge in [-0.3, -0.25) is 9.59 Å². The average Bonchev–Trinajstić information content (AvgIpc) is 2.67. The van der Waals surface area contributed by atoms with Crippen LogP contribution in [0.15, 0.2) is 16.7 Å². The van der Waals surface area contributed by atoms with Gasteiger partial charge in [-0.25, -0.2) is 0 Å². The van der Waals surface area contributed by atoms with E-state index in [1.165, 1.54) is 4.90 Å². The zero-order valence-corrected chi connectivity index (χ0v) is 12.5. The molecule has 6 heteroatoms. The second-order valence-electron chi connectivity index (χ2n) is 4.21. The summed E-state index contributed by atoms with van der Waals surface area (Å²) >= 11 is 3.35. The molecule has 100 valence electrons. The van der Waals surface area contributed by atoms with E-state index in [0.717, 1.165) is 17.4 Å². The van der Waals surface area contributed by atoms with Crippen LogP contribution in [0.25, 0.3) is 0 Å². The molecule has 0 aliphatic rings. The molecule has 1 N–H and O–H groups in total. The zero-order valence-electron chi connectivity index (χ0n) is 10.9. The maximum absolute atomic E-state index is 12.0. The van der Waals surface area contributed by atoms with Crippen molar-refractivity contribution in [2.45, 2.75) is 19.9 Å². The molecule has 1 aromatic rings. The van der Waals surface area contributed by atoms with Crippen LogP contribution in [-0.4, -0.2) is 41.9 Å². The Kier molecular flexibility index (Phi) is 5.40. The van der Waals surface area contributed by atoms with Gasteiger partial charge in [-0.1, -0.05) is 6.92 Å². The van der Waals surface area contributed by atoms with Crippen LogP contribution in [0.2, 0.25) is 0 Å². The number of hydrogen-bond donors (Lipinski definition) is 1. The standard InChI is InChI=1S/C12H18BrN3O2/c1-4-5-16-8-9(13)6-10(16)12(18)14-7-11(17)15(2)3/h6,8H,4-5,7H2,1-3H3,(H,14,18). The fourth-order valence-corrected chi connectivity index (χ4v) is 1.96. The smallest absolute Gasteiger partial charge is 0.268 e. The second kappa shape index (κ2) is 6.58. The van der Waals surface area contributed by atoms with Gasteiger partial charge in [-0.05, 0) is 28.4 Å². The van der Waals surface area contributed by atoms with Crippen LogP contribution >= 0.6 is 15.9 Å². The molecule has 0 saturated carbocycles. The summed E-state index contributed by atoms with van der Waals surface area (Å²) in [5.74, 6) is -0.361. The van der Waals surface area contributed by atoms with Crippen molar-refractivity contribution in [3.63, 3.8) is 0 Å². The molecule has 0 atom stereocenters. The SMILES string of the molecule is CCCn1cc(Br)cc1C(=O)NCC(=O)N(C)C. The van der Waals surface area contributed by atoms with E-state index in [2.05, 4.69) is 21.2 Å². The molecule has 0 aliphatic heterocycles. The Morgan fingerprint density at radius 3 is 2.67 bits per heavy atom. The fourth-order valence-electron chi connectivity index (χ4n) is 1.50. The molecule has 5 nitrogen and oxygen atoms in total. The normalized spacial score (nSPS) is 10.2. The number of halogens is 1. The highest BCUT2D eigenvalue weighted by Gasteiger charge is 2.14. The highest BCUT2D eigenvalue weighted by molar-refractivity contribution is 9.10. The van der Waals surface area contributed by atoms with E-state index in [1.54, 1.807) is 20.2 Å². The molecule has 0 unspecified atom stereocenters. The van der Waals surface area contributed by atoms with Crippen LogP contribution in [0.4, 0.5) is 0 Å². The van der Waals surface area contributed by atoms with E-state index in [1.807, 2.05) is 17.7 Å². The van der Waals surface area contributed by atoms with Gasteiger partial charge in [-0.15, -0.1) is 0 Å². The quantitative estimate of drug-likeness (QED) is 0.894. The Morgan fingerprint density at radius 1 is 1.44 bits per heavy atom. The average molecular weight is 316 g/mol. The highest BCUT2D eigenvalue weighted by atomic mass is 79.9. The monoisotopic (exact) mass is 315 g/mol. The van der Waals surface area contributed by atoms with Gasteiger partial charge < -0.3 is 14.8 Å². The Morgan fingerprint density at radius 2 is 2.11 bits per heavy atom. The number of likely N-dealkylation sites (N-methyl/N-ethyl adjacent to an activating group) is 1. The maximum atomic E-state index is 12.0. The molecule has 0 bridgehead atoms. The lowest BCUT2D eigenvalue weighted by atomic mass is 10.3. The van der Waals surface area contributed by atoms with Crippen LogP contribution < -0.4 is 5.32 Å². The zero-order chi connectivity index (χ0) is 13.7. The minimum absolute atomic E-state index is 0.0146. The Hall–Kier alpha value is -1.30. The van der Waals surface area contributed by atoms with Gasteiger partial charge in [0, 0.05) is 31.3 Å². The number of aromatic nitrogens is 1. The molecule has 0 aromatic carbocycles. The lowest BCUT2D eigenvalue weighted by Crippen LogP contribution is -2.36. The van der Waals surface area contributed by atoms with Crippen LogP contribution in [0.3, 0.4) is 0 Å². The largest absolute Gasteiger partial charge is 0.347 e. The van der Waals surface area contributed by atoms with Crippen LogP contribution in [0, 0.1) is 0 Å². The number of carbonyl (C=O) groups is 2. The van der Waals surface area contributed by atoms with Crippen molar-refractivity contribution in [3.05, 3.63) is 22.4 Å². The summed E-state index contributed by atoms with van der Waals surface area (Å²) < 4.78 is 2.74. The first kappa shape index (κ1) is 14.8. The van der Waals surface area contributed by atoms with Crippen molar-refractivity contribution in [2.24, 2.45) is 0 Å². The maximum Gasteiger partial charge on any atom is 0.268 e. The topological polar surface area (TPSA) is 54.3 Å². The van der Waals surface area contributed by atoms with Crippen molar-refractivity contribution < 1.29 is 9.59 Å². The number of hydrogen-bond acceptors (Lipinski definition) is 2. The lowest BCUT2D eigenvalue weighted by Gasteiger charge is -2.12. The summed E-state index contributed by atoms with van der Waals surface area (Å²) in [4.78, 5) is 24.8. The summed E-state index contributed by atoms with van der Waals surface area (Å²) in [5, 5.41) is 2.62. The predicted octanol–water partition coefficient (Wildman–Crippen LogP) is 1.48. The van der Waals surface area contributed by atoms with Crippen molar-refractivity contribution in [3.8, 4) is 0 Å². The van der Waals surface area contributed by atoms with E-state index in [9.17, 15) is 9.59 Å². The molecule has 18 heavy (non-hydrogen) atoms. The molecule has 0 fully saturated rings. The summed E-state index contributed by atoms with van der Waals surface area (Å²) in [6.07, 6.45) is 2.81. The highest BCUT2D eigenvalue weighted by Crippen LogP contribution is 2.15. The van der Waals surface area contributed by atoms with Gasteiger partial charge >= 0.3 is 0 Å². The van der Waals surface area contributed by atoms with Crippen LogP contribution in [0.1, 0.15) is 23.8 Å². The number of amides is 2. The molecule has 0 saturated heterocycles. The first-order chi connectivity index (χ1) is 8.45. The Bertz CT molecular complexity index is 441. The van der Waals surface area contributed by atoms with Crippen molar-refractivity contribution >= 4 is 27.7 Å². The minimum atomic E-state index is -0.232. The summed E-state index contributed by atoms with van der Waals surface area (Å²) in [7, 11) is 3.32. The van der Waals surface area contributed by atoms with E-state index >= 15 is 0 Å². The first-order valence-corrected chi connectivity index (χ1v) is 6.59. The predicted molar refractivity (Wildman–Crippen MR) is 73.5 cm³/mol. The molecule has 0 spiro atoms. The first-order valence-electron chi connectivity index (χ1n) is 5.79. The lowest BCUT2D eigenvalue weighted by molar-refractivity contribution is -0.127. The summed E-state index contributed by atoms with van der Waals surface area (Å²) in [6, 6.07) is 1.76. The minimum Gasteiger partial charge on any atom is -0.347 e. The molecular formula is C12H18BrN3O2. The van der Waals surface area contributed by atoms with E-state index in [0.29, 0.717) is 5.69 Å². The van der Waals surface area contributed by atoms with Gasteiger partial charge in [0.25, 0.3) is 5.91 Å². The Balaban J connectivity index is 2.69. The van der Waals surface area contributed by atoms with Gasteiger partial charge in [0.15, 0.2) is 0 Å². The second-order valence-corrected chi connectivity index (χ2v) is 5.12. The van der Waals surface area contributed by atoms with Crippen LogP contribution in [-0.2, 0) is 11.3 Å². The third kappa shape index (κ3) is 3.87. The van der Waals surface area contributed by atoms with Gasteiger partial charge in [0.1, 0.15) is 5.69 Å². The number of carbonyl (C=O) groups excluding carboxylic acids is 2. The van der Waals surface area contributed by atoms with Gasteiger partial charge in [0.2, 0.25) is 5.91 Å². The third-order valence-corrected chi connectivity index (χ3v) is 2.89. The van der Waals surface area contributed by atoms with Crippen molar-refractivity contribution in [1.29, 1.82) is 0 Å². The summed E-state index contributed by atoms with van der Waals surface area (Å²) in [5.41, 5.74) is 0.565. The molecule has 0 aliphatic carbocycles. The number of nitrogens with zero attached hydrogens (tertiary/aromatic N) is 2. The number of rotatable bonds is 5. The third-order valence-electron chi connectivity index (χ3n) is 2.46. The van der Waals surface area contributed by atoms with Gasteiger partial charge in [0.05, 0.1) is 6.54 Å². The molecule has 1 aromatic heterocycles. The van der Waals surface area contributed by atoms with Crippen LogP contribution in [0.5, 0.6) is 0 Å². The molecule has 1 heterocycles. The van der Waals surface area contributed by atoms with Crippen molar-refractivity contribution in [1.82, 2.24) is 14.8 Å². The molecule has 0 radical (unpaired) electrons. The van der Waals surface area contributed by atoms with Crippen molar-refractivity contribution in [2.75, 3.05) is 20.6 Å². The summed E-state index contributed by atoms with van der Waals surface area (Å²) in [6.45, 7) is 2.84. The number of aryl methyl sites for hydroxylation is 1. The van der Waals surface area contributed by atoms with E-state index < -0.39 is 0 Å². The molecule has 2 amide bonds. The Labute approximate surface area is 115 Å². The fraction of sp³-hybridized carbons (Fsp3) is 0.500. The number of nitrogens with one attached hydrogen (secondary N) is 1. The molecule has 1 rings (SSSR count). The molecular weight excluding hydrogens is 298 g/mol. The van der Waals surface area contributed by atoms with Gasteiger partial charge in [-0.2, -0.15) is 0 Å². The van der Waals surface area contributed by atoms with E-state index in [4.69, 9.17) is 0 Å².